The van der Waals surface area contributed by atoms with Gasteiger partial charge >= 0.3 is 0 Å². The van der Waals surface area contributed by atoms with E-state index in [4.69, 9.17) is 5.73 Å². The Balaban J connectivity index is 0.00000256. The van der Waals surface area contributed by atoms with Crippen LogP contribution in [0.25, 0.3) is 0 Å². The van der Waals surface area contributed by atoms with E-state index in [2.05, 4.69) is 21.2 Å². The lowest BCUT2D eigenvalue weighted by Crippen LogP contribution is -2.23. The van der Waals surface area contributed by atoms with Crippen molar-refractivity contribution >= 4 is 34.2 Å². The van der Waals surface area contributed by atoms with Crippen LogP contribution in [0.15, 0.2) is 22.7 Å². The summed E-state index contributed by atoms with van der Waals surface area (Å²) in [6.45, 7) is 0.901. The van der Waals surface area contributed by atoms with Gasteiger partial charge < -0.3 is 11.1 Å². The zero-order chi connectivity index (χ0) is 12.0. The number of carbonyl (C=O) groups is 1. The average molecular weight is 326 g/mol. The maximum atomic E-state index is 12.8. The molecule has 0 fully saturated rings. The summed E-state index contributed by atoms with van der Waals surface area (Å²) in [6, 6.07) is 4.39. The van der Waals surface area contributed by atoms with Crippen LogP contribution in [0, 0.1) is 5.82 Å². The fourth-order valence-corrected chi connectivity index (χ4v) is 1.70. The van der Waals surface area contributed by atoms with E-state index in [0.29, 0.717) is 30.4 Å². The second kappa shape index (κ2) is 8.44. The Labute approximate surface area is 114 Å². The molecule has 0 spiro atoms. The third-order valence-electron chi connectivity index (χ3n) is 2.10. The van der Waals surface area contributed by atoms with Crippen LogP contribution in [0.2, 0.25) is 0 Å². The number of halogens is 3. The molecule has 3 N–H and O–H groups in total. The van der Waals surface area contributed by atoms with Crippen molar-refractivity contribution in [3.63, 3.8) is 0 Å². The lowest BCUT2D eigenvalue weighted by atomic mass is 10.2. The topological polar surface area (TPSA) is 55.1 Å². The molecular formula is C11H15BrClFN2O. The van der Waals surface area contributed by atoms with Crippen molar-refractivity contribution in [3.8, 4) is 0 Å². The maximum Gasteiger partial charge on any atom is 0.220 e. The Bertz CT molecular complexity index is 376. The van der Waals surface area contributed by atoms with Crippen molar-refractivity contribution in [3.05, 3.63) is 34.1 Å². The zero-order valence-corrected chi connectivity index (χ0v) is 11.6. The predicted octanol–water partition coefficient (Wildman–Crippen LogP) is 2.37. The number of rotatable bonds is 5. The average Bonchev–Trinajstić information content (AvgIpc) is 2.25. The zero-order valence-electron chi connectivity index (χ0n) is 9.21. The lowest BCUT2D eigenvalue weighted by Gasteiger charge is -2.06. The van der Waals surface area contributed by atoms with Gasteiger partial charge in [-0.15, -0.1) is 12.4 Å². The van der Waals surface area contributed by atoms with Crippen LogP contribution < -0.4 is 11.1 Å². The second-order valence-electron chi connectivity index (χ2n) is 3.40. The molecule has 3 nitrogen and oxygen atoms in total. The van der Waals surface area contributed by atoms with Crippen molar-refractivity contribution in [2.75, 3.05) is 6.54 Å². The third kappa shape index (κ3) is 6.00. The van der Waals surface area contributed by atoms with Crippen molar-refractivity contribution in [2.45, 2.75) is 19.4 Å². The van der Waals surface area contributed by atoms with Crippen LogP contribution in [-0.4, -0.2) is 12.5 Å². The molecule has 0 bridgehead atoms. The molecule has 1 amide bonds. The van der Waals surface area contributed by atoms with Gasteiger partial charge in [-0.3, -0.25) is 4.79 Å². The molecule has 0 radical (unpaired) electrons. The van der Waals surface area contributed by atoms with Gasteiger partial charge in [0.1, 0.15) is 5.82 Å². The van der Waals surface area contributed by atoms with E-state index in [0.717, 1.165) is 5.56 Å². The molecule has 0 unspecified atom stereocenters. The summed E-state index contributed by atoms with van der Waals surface area (Å²) in [6.07, 6.45) is 1.10. The van der Waals surface area contributed by atoms with E-state index in [1.54, 1.807) is 6.07 Å². The smallest absolute Gasteiger partial charge is 0.220 e. The van der Waals surface area contributed by atoms with E-state index >= 15 is 0 Å². The van der Waals surface area contributed by atoms with Crippen LogP contribution >= 0.6 is 28.3 Å². The fraction of sp³-hybridized carbons (Fsp3) is 0.364. The van der Waals surface area contributed by atoms with Crippen LogP contribution in [0.5, 0.6) is 0 Å². The first-order chi connectivity index (χ1) is 7.63. The lowest BCUT2D eigenvalue weighted by molar-refractivity contribution is -0.121. The monoisotopic (exact) mass is 324 g/mol. The van der Waals surface area contributed by atoms with Crippen molar-refractivity contribution in [1.29, 1.82) is 0 Å². The number of nitrogens with one attached hydrogen (secondary N) is 1. The molecule has 0 saturated carbocycles. The van der Waals surface area contributed by atoms with Gasteiger partial charge in [0.2, 0.25) is 5.91 Å². The summed E-state index contributed by atoms with van der Waals surface area (Å²) in [5, 5.41) is 2.75. The molecule has 0 heterocycles. The summed E-state index contributed by atoms with van der Waals surface area (Å²) in [4.78, 5) is 11.3. The Hall–Kier alpha value is -0.650. The Kier molecular flexibility index (Phi) is 8.12. The van der Waals surface area contributed by atoms with E-state index in [1.165, 1.54) is 12.1 Å². The molecule has 0 atom stereocenters. The largest absolute Gasteiger partial charge is 0.352 e. The van der Waals surface area contributed by atoms with E-state index in [9.17, 15) is 9.18 Å². The highest BCUT2D eigenvalue weighted by atomic mass is 79.9. The van der Waals surface area contributed by atoms with Crippen LogP contribution in [0.3, 0.4) is 0 Å². The molecule has 6 heteroatoms. The standard InChI is InChI=1S/C11H14BrFN2O.ClH/c12-10-6-9(13)4-3-8(10)7-15-11(16)2-1-5-14;/h3-4,6H,1-2,5,7,14H2,(H,15,16);1H. The third-order valence-corrected chi connectivity index (χ3v) is 2.84. The molecule has 96 valence electrons. The molecule has 1 aromatic carbocycles. The molecule has 0 aliphatic heterocycles. The Morgan fingerprint density at radius 2 is 2.18 bits per heavy atom. The van der Waals surface area contributed by atoms with Crippen LogP contribution in [-0.2, 0) is 11.3 Å². The molecule has 1 aromatic rings. The Morgan fingerprint density at radius 3 is 2.76 bits per heavy atom. The Morgan fingerprint density at radius 1 is 1.47 bits per heavy atom. The van der Waals surface area contributed by atoms with Gasteiger partial charge in [-0.2, -0.15) is 0 Å². The maximum absolute atomic E-state index is 12.8. The minimum absolute atomic E-state index is 0. The number of amides is 1. The minimum Gasteiger partial charge on any atom is -0.352 e. The highest BCUT2D eigenvalue weighted by Gasteiger charge is 2.04. The van der Waals surface area contributed by atoms with Gasteiger partial charge in [0.05, 0.1) is 0 Å². The summed E-state index contributed by atoms with van der Waals surface area (Å²) in [7, 11) is 0. The highest BCUT2D eigenvalue weighted by molar-refractivity contribution is 9.10. The molecule has 17 heavy (non-hydrogen) atoms. The first kappa shape index (κ1) is 16.4. The fourth-order valence-electron chi connectivity index (χ4n) is 1.21. The molecule has 0 aliphatic rings. The summed E-state index contributed by atoms with van der Waals surface area (Å²) in [5.74, 6) is -0.341. The minimum atomic E-state index is -0.301. The quantitative estimate of drug-likeness (QED) is 0.873. The number of nitrogens with two attached hydrogens (primary N) is 1. The van der Waals surface area contributed by atoms with Gasteiger partial charge in [-0.05, 0) is 30.7 Å². The predicted molar refractivity (Wildman–Crippen MR) is 71.5 cm³/mol. The van der Waals surface area contributed by atoms with Crippen LogP contribution in [0.4, 0.5) is 4.39 Å². The van der Waals surface area contributed by atoms with Crippen LogP contribution in [0.1, 0.15) is 18.4 Å². The van der Waals surface area contributed by atoms with Gasteiger partial charge in [0.25, 0.3) is 0 Å². The van der Waals surface area contributed by atoms with Gasteiger partial charge in [-0.25, -0.2) is 4.39 Å². The highest BCUT2D eigenvalue weighted by Crippen LogP contribution is 2.17. The molecule has 1 rings (SSSR count). The second-order valence-corrected chi connectivity index (χ2v) is 4.26. The summed E-state index contributed by atoms with van der Waals surface area (Å²) >= 11 is 3.24. The number of hydrogen-bond donors (Lipinski definition) is 2. The van der Waals surface area contributed by atoms with Gasteiger partial charge in [0, 0.05) is 17.4 Å². The number of carbonyl (C=O) groups excluding carboxylic acids is 1. The van der Waals surface area contributed by atoms with Crippen molar-refractivity contribution < 1.29 is 9.18 Å². The first-order valence-electron chi connectivity index (χ1n) is 5.04. The molecule has 0 aromatic heterocycles. The molecule has 0 saturated heterocycles. The van der Waals surface area contributed by atoms with Gasteiger partial charge in [0.15, 0.2) is 0 Å². The summed E-state index contributed by atoms with van der Waals surface area (Å²) in [5.41, 5.74) is 6.15. The van der Waals surface area contributed by atoms with Gasteiger partial charge in [-0.1, -0.05) is 22.0 Å². The summed E-state index contributed by atoms with van der Waals surface area (Å²) < 4.78 is 13.4. The van der Waals surface area contributed by atoms with E-state index in [-0.39, 0.29) is 24.1 Å². The first-order valence-corrected chi connectivity index (χ1v) is 5.83. The molecule has 0 aliphatic carbocycles. The van der Waals surface area contributed by atoms with Crippen molar-refractivity contribution in [1.82, 2.24) is 5.32 Å². The molecular weight excluding hydrogens is 310 g/mol. The van der Waals surface area contributed by atoms with Crippen molar-refractivity contribution in [2.24, 2.45) is 5.73 Å². The SMILES string of the molecule is Cl.NCCCC(=O)NCc1ccc(F)cc1Br. The number of benzene rings is 1. The number of hydrogen-bond acceptors (Lipinski definition) is 2. The van der Waals surface area contributed by atoms with E-state index in [1.807, 2.05) is 0 Å². The normalized spacial score (nSPS) is 9.59. The van der Waals surface area contributed by atoms with E-state index < -0.39 is 0 Å².